The number of carbonyl (C=O) groups is 1. The predicted octanol–water partition coefficient (Wildman–Crippen LogP) is 3.14. The maximum Gasteiger partial charge on any atom is 0.203 e. The molecule has 0 aliphatic heterocycles. The first-order chi connectivity index (χ1) is 10.2. The van der Waals surface area contributed by atoms with Crippen LogP contribution in [-0.4, -0.2) is 19.5 Å². The average molecular weight is 281 g/mol. The number of rotatable bonds is 5. The van der Waals surface area contributed by atoms with Gasteiger partial charge in [-0.2, -0.15) is 5.26 Å². The van der Waals surface area contributed by atoms with Crippen molar-refractivity contribution in [3.05, 3.63) is 59.2 Å². The maximum atomic E-state index is 12.2. The first-order valence-corrected chi connectivity index (χ1v) is 6.45. The Morgan fingerprint density at radius 2 is 1.95 bits per heavy atom. The molecule has 0 atom stereocenters. The van der Waals surface area contributed by atoms with E-state index in [1.807, 2.05) is 13.0 Å². The second-order valence-electron chi connectivity index (χ2n) is 4.50. The van der Waals surface area contributed by atoms with Gasteiger partial charge in [-0.25, -0.2) is 0 Å². The van der Waals surface area contributed by atoms with Crippen molar-refractivity contribution in [2.75, 3.05) is 13.7 Å². The third-order valence-corrected chi connectivity index (χ3v) is 3.08. The molecule has 2 aromatic rings. The van der Waals surface area contributed by atoms with E-state index in [2.05, 4.69) is 0 Å². The number of ether oxygens (including phenoxy) is 2. The first kappa shape index (κ1) is 14.6. The number of Topliss-reactive ketones (excluding diaryl/α,β-unsaturated/α-hetero) is 1. The Kier molecular flexibility index (Phi) is 4.57. The van der Waals surface area contributed by atoms with Gasteiger partial charge in [-0.15, -0.1) is 0 Å². The minimum atomic E-state index is -0.172. The zero-order valence-corrected chi connectivity index (χ0v) is 11.9. The lowest BCUT2D eigenvalue weighted by Gasteiger charge is -2.10. The number of hydrogen-bond acceptors (Lipinski definition) is 4. The van der Waals surface area contributed by atoms with Crippen LogP contribution in [0.15, 0.2) is 42.5 Å². The zero-order valence-electron chi connectivity index (χ0n) is 11.9. The van der Waals surface area contributed by atoms with Crippen LogP contribution in [0.5, 0.6) is 11.5 Å². The summed E-state index contributed by atoms with van der Waals surface area (Å²) in [5.41, 5.74) is 1.86. The Labute approximate surface area is 123 Å². The Balaban J connectivity index is 2.13. The van der Waals surface area contributed by atoms with Crippen LogP contribution >= 0.6 is 0 Å². The number of methoxy groups -OCH3 is 1. The van der Waals surface area contributed by atoms with Gasteiger partial charge in [0.1, 0.15) is 11.5 Å². The number of nitriles is 1. The summed E-state index contributed by atoms with van der Waals surface area (Å²) in [6, 6.07) is 14.2. The topological polar surface area (TPSA) is 59.3 Å². The monoisotopic (exact) mass is 281 g/mol. The lowest BCUT2D eigenvalue weighted by Crippen LogP contribution is -2.13. The summed E-state index contributed by atoms with van der Waals surface area (Å²) >= 11 is 0. The smallest absolute Gasteiger partial charge is 0.203 e. The van der Waals surface area contributed by atoms with Gasteiger partial charge in [0.05, 0.1) is 24.3 Å². The van der Waals surface area contributed by atoms with E-state index in [-0.39, 0.29) is 12.4 Å². The van der Waals surface area contributed by atoms with Crippen molar-refractivity contribution >= 4 is 5.78 Å². The molecule has 4 heteroatoms. The van der Waals surface area contributed by atoms with Gasteiger partial charge in [-0.3, -0.25) is 4.79 Å². The fourth-order valence-electron chi connectivity index (χ4n) is 1.92. The summed E-state index contributed by atoms with van der Waals surface area (Å²) in [5.74, 6) is 0.889. The molecule has 4 nitrogen and oxygen atoms in total. The molecule has 0 heterocycles. The lowest BCUT2D eigenvalue weighted by molar-refractivity contribution is 0.0918. The number of hydrogen-bond donors (Lipinski definition) is 0. The predicted molar refractivity (Wildman–Crippen MR) is 78.7 cm³/mol. The van der Waals surface area contributed by atoms with Crippen molar-refractivity contribution in [1.82, 2.24) is 0 Å². The summed E-state index contributed by atoms with van der Waals surface area (Å²) in [5, 5.41) is 8.89. The normalized spacial score (nSPS) is 9.76. The molecule has 106 valence electrons. The Bertz CT molecular complexity index is 701. The molecular weight excluding hydrogens is 266 g/mol. The third-order valence-electron chi connectivity index (χ3n) is 3.08. The molecule has 0 amide bonds. The van der Waals surface area contributed by atoms with Gasteiger partial charge in [0.25, 0.3) is 0 Å². The summed E-state index contributed by atoms with van der Waals surface area (Å²) in [7, 11) is 1.52. The van der Waals surface area contributed by atoms with Crippen LogP contribution in [0.1, 0.15) is 21.5 Å². The molecule has 2 rings (SSSR count). The van der Waals surface area contributed by atoms with Gasteiger partial charge in [0.2, 0.25) is 5.78 Å². The summed E-state index contributed by atoms with van der Waals surface area (Å²) in [4.78, 5) is 12.2. The number of nitrogens with zero attached hydrogens (tertiary/aromatic N) is 1. The van der Waals surface area contributed by atoms with Crippen molar-refractivity contribution in [3.63, 3.8) is 0 Å². The van der Waals surface area contributed by atoms with Crippen LogP contribution in [0.25, 0.3) is 0 Å². The summed E-state index contributed by atoms with van der Waals surface area (Å²) in [6.07, 6.45) is 0. The van der Waals surface area contributed by atoms with Crippen molar-refractivity contribution in [3.8, 4) is 17.6 Å². The molecule has 0 spiro atoms. The van der Waals surface area contributed by atoms with E-state index in [1.165, 1.54) is 7.11 Å². The molecule has 21 heavy (non-hydrogen) atoms. The van der Waals surface area contributed by atoms with Gasteiger partial charge in [-0.05, 0) is 36.8 Å². The molecule has 0 radical (unpaired) electrons. The van der Waals surface area contributed by atoms with Crippen molar-refractivity contribution < 1.29 is 14.3 Å². The van der Waals surface area contributed by atoms with Crippen molar-refractivity contribution in [1.29, 1.82) is 5.26 Å². The molecule has 0 aliphatic carbocycles. The van der Waals surface area contributed by atoms with Gasteiger partial charge in [0.15, 0.2) is 6.61 Å². The van der Waals surface area contributed by atoms with E-state index >= 15 is 0 Å². The fraction of sp³-hybridized carbons (Fsp3) is 0.176. The highest BCUT2D eigenvalue weighted by Crippen LogP contribution is 2.21. The summed E-state index contributed by atoms with van der Waals surface area (Å²) in [6.45, 7) is 1.76. The van der Waals surface area contributed by atoms with Crippen molar-refractivity contribution in [2.24, 2.45) is 0 Å². The van der Waals surface area contributed by atoms with Crippen LogP contribution in [0, 0.1) is 18.3 Å². The minimum absolute atomic E-state index is 0.101. The second kappa shape index (κ2) is 6.58. The molecule has 0 bridgehead atoms. The quantitative estimate of drug-likeness (QED) is 0.790. The molecule has 0 fully saturated rings. The highest BCUT2D eigenvalue weighted by Gasteiger charge is 2.13. The van der Waals surface area contributed by atoms with E-state index in [0.29, 0.717) is 22.6 Å². The number of aryl methyl sites for hydroxylation is 1. The van der Waals surface area contributed by atoms with E-state index < -0.39 is 0 Å². The molecule has 0 N–H and O–H groups in total. The summed E-state index contributed by atoms with van der Waals surface area (Å²) < 4.78 is 10.7. The van der Waals surface area contributed by atoms with Crippen LogP contribution in [0.4, 0.5) is 0 Å². The van der Waals surface area contributed by atoms with Crippen molar-refractivity contribution in [2.45, 2.75) is 6.92 Å². The molecule has 0 aromatic heterocycles. The number of benzene rings is 2. The Morgan fingerprint density at radius 1 is 1.19 bits per heavy atom. The van der Waals surface area contributed by atoms with Crippen LogP contribution < -0.4 is 9.47 Å². The van der Waals surface area contributed by atoms with Gasteiger partial charge in [0, 0.05) is 0 Å². The van der Waals surface area contributed by atoms with Crippen LogP contribution in [-0.2, 0) is 0 Å². The highest BCUT2D eigenvalue weighted by atomic mass is 16.5. The standard InChI is InChI=1S/C17H15NO3/c1-12-7-8-13(10-18)9-17(12)21-11-15(19)14-5-3-4-6-16(14)20-2/h3-9H,11H2,1-2H3. The van der Waals surface area contributed by atoms with Crippen LogP contribution in [0.2, 0.25) is 0 Å². The minimum Gasteiger partial charge on any atom is -0.496 e. The third kappa shape index (κ3) is 3.40. The first-order valence-electron chi connectivity index (χ1n) is 6.45. The lowest BCUT2D eigenvalue weighted by atomic mass is 10.1. The number of carbonyl (C=O) groups excluding carboxylic acids is 1. The van der Waals surface area contributed by atoms with E-state index in [0.717, 1.165) is 5.56 Å². The molecular formula is C17H15NO3. The Hall–Kier alpha value is -2.80. The van der Waals surface area contributed by atoms with E-state index in [1.54, 1.807) is 42.5 Å². The molecule has 0 saturated carbocycles. The average Bonchev–Trinajstić information content (AvgIpc) is 2.53. The Morgan fingerprint density at radius 3 is 2.67 bits per heavy atom. The van der Waals surface area contributed by atoms with Crippen LogP contribution in [0.3, 0.4) is 0 Å². The largest absolute Gasteiger partial charge is 0.496 e. The highest BCUT2D eigenvalue weighted by molar-refractivity contribution is 5.99. The zero-order chi connectivity index (χ0) is 15.2. The van der Waals surface area contributed by atoms with E-state index in [4.69, 9.17) is 14.7 Å². The SMILES string of the molecule is COc1ccccc1C(=O)COc1cc(C#N)ccc1C. The van der Waals surface area contributed by atoms with Gasteiger partial charge >= 0.3 is 0 Å². The van der Waals surface area contributed by atoms with Gasteiger partial charge in [-0.1, -0.05) is 18.2 Å². The maximum absolute atomic E-state index is 12.2. The molecule has 0 saturated heterocycles. The van der Waals surface area contributed by atoms with E-state index in [9.17, 15) is 4.79 Å². The van der Waals surface area contributed by atoms with Gasteiger partial charge < -0.3 is 9.47 Å². The number of ketones is 1. The molecule has 2 aromatic carbocycles. The number of para-hydroxylation sites is 1. The molecule has 0 unspecified atom stereocenters. The fourth-order valence-corrected chi connectivity index (χ4v) is 1.92. The molecule has 0 aliphatic rings. The second-order valence-corrected chi connectivity index (χ2v) is 4.50.